The van der Waals surface area contributed by atoms with Gasteiger partial charge in [0, 0.05) is 18.8 Å². The zero-order chi connectivity index (χ0) is 18.6. The molecule has 0 saturated carbocycles. The molecule has 0 atom stereocenters. The number of benzene rings is 2. The third kappa shape index (κ3) is 3.89. The van der Waals surface area contributed by atoms with E-state index in [4.69, 9.17) is 4.99 Å². The van der Waals surface area contributed by atoms with Crippen molar-refractivity contribution in [2.24, 2.45) is 4.99 Å². The molecule has 1 aliphatic rings. The molecule has 1 heterocycles. The Morgan fingerprint density at radius 3 is 2.77 bits per heavy atom. The minimum atomic E-state index is -3.45. The molecular weight excluding hydrogens is 348 g/mol. The fourth-order valence-electron chi connectivity index (χ4n) is 3.05. The molecule has 6 nitrogen and oxygen atoms in total. The van der Waals surface area contributed by atoms with Crippen molar-refractivity contribution in [3.63, 3.8) is 0 Å². The summed E-state index contributed by atoms with van der Waals surface area (Å²) in [6, 6.07) is 15.2. The van der Waals surface area contributed by atoms with Gasteiger partial charge in [0.25, 0.3) is 0 Å². The first-order valence-corrected chi connectivity index (χ1v) is 10.2. The summed E-state index contributed by atoms with van der Waals surface area (Å²) < 4.78 is 26.3. The van der Waals surface area contributed by atoms with Crippen molar-refractivity contribution in [2.75, 3.05) is 25.0 Å². The van der Waals surface area contributed by atoms with Crippen molar-refractivity contribution in [3.8, 4) is 0 Å². The van der Waals surface area contributed by atoms with Crippen molar-refractivity contribution in [2.45, 2.75) is 24.8 Å². The van der Waals surface area contributed by atoms with Gasteiger partial charge in [-0.25, -0.2) is 18.1 Å². The summed E-state index contributed by atoms with van der Waals surface area (Å²) in [5.41, 5.74) is 3.35. The number of rotatable bonds is 5. The Labute approximate surface area is 155 Å². The van der Waals surface area contributed by atoms with Crippen LogP contribution in [-0.4, -0.2) is 34.5 Å². The molecule has 0 unspecified atom stereocenters. The molecule has 7 heteroatoms. The van der Waals surface area contributed by atoms with Crippen molar-refractivity contribution < 1.29 is 8.42 Å². The maximum Gasteiger partial charge on any atom is 0.240 e. The minimum Gasteiger partial charge on any atom is -0.356 e. The van der Waals surface area contributed by atoms with Gasteiger partial charge in [0.1, 0.15) is 0 Å². The predicted molar refractivity (Wildman–Crippen MR) is 105 cm³/mol. The number of sulfonamides is 1. The van der Waals surface area contributed by atoms with Crippen molar-refractivity contribution in [1.82, 2.24) is 10.0 Å². The molecule has 0 aromatic heterocycles. The molecule has 2 N–H and O–H groups in total. The van der Waals surface area contributed by atoms with Crippen LogP contribution in [0.25, 0.3) is 0 Å². The highest BCUT2D eigenvalue weighted by atomic mass is 32.2. The Hall–Kier alpha value is -2.38. The Morgan fingerprint density at radius 2 is 2.00 bits per heavy atom. The third-order valence-electron chi connectivity index (χ3n) is 4.37. The highest BCUT2D eigenvalue weighted by molar-refractivity contribution is 7.89. The summed E-state index contributed by atoms with van der Waals surface area (Å²) in [5.74, 6) is 0.819. The van der Waals surface area contributed by atoms with E-state index >= 15 is 0 Å². The van der Waals surface area contributed by atoms with Gasteiger partial charge in [-0.1, -0.05) is 30.3 Å². The van der Waals surface area contributed by atoms with Gasteiger partial charge in [-0.2, -0.15) is 0 Å². The van der Waals surface area contributed by atoms with Crippen LogP contribution in [0.1, 0.15) is 18.1 Å². The number of para-hydroxylation sites is 1. The molecule has 0 amide bonds. The molecule has 138 valence electrons. The van der Waals surface area contributed by atoms with Gasteiger partial charge in [0.15, 0.2) is 5.96 Å². The van der Waals surface area contributed by atoms with Crippen LogP contribution in [0.3, 0.4) is 0 Å². The van der Waals surface area contributed by atoms with E-state index in [0.717, 1.165) is 31.0 Å². The maximum absolute atomic E-state index is 12.0. The monoisotopic (exact) mass is 372 g/mol. The van der Waals surface area contributed by atoms with Gasteiger partial charge < -0.3 is 10.2 Å². The van der Waals surface area contributed by atoms with Crippen LogP contribution in [0.15, 0.2) is 58.4 Å². The predicted octanol–water partition coefficient (Wildman–Crippen LogP) is 2.12. The average molecular weight is 372 g/mol. The number of guanidine groups is 1. The lowest BCUT2D eigenvalue weighted by molar-refractivity contribution is 0.588. The van der Waals surface area contributed by atoms with Crippen molar-refractivity contribution in [3.05, 3.63) is 59.7 Å². The van der Waals surface area contributed by atoms with Gasteiger partial charge >= 0.3 is 0 Å². The van der Waals surface area contributed by atoms with Crippen molar-refractivity contribution in [1.29, 1.82) is 0 Å². The summed E-state index contributed by atoms with van der Waals surface area (Å²) in [4.78, 5) is 7.17. The molecule has 0 aliphatic carbocycles. The second-order valence-corrected chi connectivity index (χ2v) is 7.94. The van der Waals surface area contributed by atoms with Gasteiger partial charge in [-0.3, -0.25) is 0 Å². The highest BCUT2D eigenvalue weighted by Crippen LogP contribution is 2.27. The largest absolute Gasteiger partial charge is 0.356 e. The topological polar surface area (TPSA) is 73.8 Å². The summed E-state index contributed by atoms with van der Waals surface area (Å²) in [5, 5.41) is 3.34. The second-order valence-electron chi connectivity index (χ2n) is 6.06. The zero-order valence-corrected chi connectivity index (χ0v) is 15.9. The van der Waals surface area contributed by atoms with E-state index in [1.54, 1.807) is 18.2 Å². The molecule has 0 fully saturated rings. The Bertz CT molecular complexity index is 909. The lowest BCUT2D eigenvalue weighted by atomic mass is 10.2. The van der Waals surface area contributed by atoms with Gasteiger partial charge in [0.05, 0.1) is 11.4 Å². The molecule has 0 saturated heterocycles. The summed E-state index contributed by atoms with van der Waals surface area (Å²) >= 11 is 0. The SMILES string of the molecule is CCNC(=NCc1cccc(S(=O)(=O)NC)c1)N1CCc2ccccc21. The van der Waals surface area contributed by atoms with Gasteiger partial charge in [-0.15, -0.1) is 0 Å². The van der Waals surface area contributed by atoms with Crippen LogP contribution >= 0.6 is 0 Å². The molecule has 1 aliphatic heterocycles. The quantitative estimate of drug-likeness (QED) is 0.623. The second kappa shape index (κ2) is 7.88. The first-order valence-electron chi connectivity index (χ1n) is 8.71. The molecule has 2 aromatic carbocycles. The van der Waals surface area contributed by atoms with E-state index < -0.39 is 10.0 Å². The summed E-state index contributed by atoms with van der Waals surface area (Å²) in [6.45, 7) is 4.11. The number of anilines is 1. The van der Waals surface area contributed by atoms with E-state index in [9.17, 15) is 8.42 Å². The smallest absolute Gasteiger partial charge is 0.240 e. The highest BCUT2D eigenvalue weighted by Gasteiger charge is 2.22. The fourth-order valence-corrected chi connectivity index (χ4v) is 3.85. The Kier molecular flexibility index (Phi) is 5.58. The summed E-state index contributed by atoms with van der Waals surface area (Å²) in [7, 11) is -2.04. The number of nitrogens with zero attached hydrogens (tertiary/aromatic N) is 2. The number of nitrogens with one attached hydrogen (secondary N) is 2. The molecule has 0 bridgehead atoms. The standard InChI is InChI=1S/C19H24N4O2S/c1-3-21-19(23-12-11-16-8-4-5-10-18(16)23)22-14-15-7-6-9-17(13-15)26(24,25)20-2/h4-10,13,20H,3,11-12,14H2,1-2H3,(H,21,22). The maximum atomic E-state index is 12.0. The number of fused-ring (bicyclic) bond motifs is 1. The number of hydrogen-bond donors (Lipinski definition) is 2. The van der Waals surface area contributed by atoms with Crippen LogP contribution < -0.4 is 14.9 Å². The first-order chi connectivity index (χ1) is 12.5. The zero-order valence-electron chi connectivity index (χ0n) is 15.1. The van der Waals surface area contributed by atoms with Crippen LogP contribution in [0, 0.1) is 0 Å². The lowest BCUT2D eigenvalue weighted by Gasteiger charge is -2.22. The number of hydrogen-bond acceptors (Lipinski definition) is 3. The lowest BCUT2D eigenvalue weighted by Crippen LogP contribution is -2.40. The first kappa shape index (κ1) is 18.4. The third-order valence-corrected chi connectivity index (χ3v) is 5.78. The van der Waals surface area contributed by atoms with E-state index in [1.807, 2.05) is 19.1 Å². The minimum absolute atomic E-state index is 0.254. The Balaban J connectivity index is 1.84. The van der Waals surface area contributed by atoms with E-state index in [0.29, 0.717) is 6.54 Å². The van der Waals surface area contributed by atoms with Crippen LogP contribution in [0.5, 0.6) is 0 Å². The number of aliphatic imine (C=N–C) groups is 1. The van der Waals surface area contributed by atoms with Crippen LogP contribution in [-0.2, 0) is 23.0 Å². The molecule has 2 aromatic rings. The Morgan fingerprint density at radius 1 is 1.19 bits per heavy atom. The van der Waals surface area contributed by atoms with Crippen LogP contribution in [0.4, 0.5) is 5.69 Å². The van der Waals surface area contributed by atoms with Crippen LogP contribution in [0.2, 0.25) is 0 Å². The molecule has 26 heavy (non-hydrogen) atoms. The molecule has 0 radical (unpaired) electrons. The molecule has 3 rings (SSSR count). The average Bonchev–Trinajstić information content (AvgIpc) is 3.09. The van der Waals surface area contributed by atoms with Gasteiger partial charge in [-0.05, 0) is 49.7 Å². The summed E-state index contributed by atoms with van der Waals surface area (Å²) in [6.07, 6.45) is 0.997. The molecular formula is C19H24N4O2S. The molecule has 0 spiro atoms. The van der Waals surface area contributed by atoms with E-state index in [2.05, 4.69) is 33.1 Å². The normalized spacial score (nSPS) is 14.4. The van der Waals surface area contributed by atoms with E-state index in [1.165, 1.54) is 18.3 Å². The van der Waals surface area contributed by atoms with E-state index in [-0.39, 0.29) is 4.90 Å². The van der Waals surface area contributed by atoms with Crippen molar-refractivity contribution >= 4 is 21.7 Å². The fraction of sp³-hybridized carbons (Fsp3) is 0.316. The van der Waals surface area contributed by atoms with Gasteiger partial charge in [0.2, 0.25) is 10.0 Å².